The first-order chi connectivity index (χ1) is 23.4. The molecule has 2 amide bonds. The Kier molecular flexibility index (Phi) is 7.06. The molecule has 0 aliphatic carbocycles. The molecular weight excluding hydrogens is 596 g/mol. The molecule has 0 aliphatic heterocycles. The summed E-state index contributed by atoms with van der Waals surface area (Å²) >= 11 is 0. The Hall–Kier alpha value is -5.82. The molecule has 8 rings (SSSR count). The molecule has 0 saturated carbocycles. The van der Waals surface area contributed by atoms with Crippen LogP contribution in [0, 0.1) is 0 Å². The van der Waals surface area contributed by atoms with E-state index in [1.807, 2.05) is 60.7 Å². The minimum atomic E-state index is -1.40. The van der Waals surface area contributed by atoms with Gasteiger partial charge in [0, 0.05) is 10.8 Å². The molecule has 0 aliphatic rings. The van der Waals surface area contributed by atoms with Crippen LogP contribution in [0.5, 0.6) is 0 Å². The molecule has 6 heteroatoms. The van der Waals surface area contributed by atoms with Crippen LogP contribution in [0.2, 0.25) is 0 Å². The highest BCUT2D eigenvalue weighted by atomic mass is 16.3. The fraction of sp³-hybridized carbons (Fsp3) is 0.0952. The maximum Gasteiger partial charge on any atom is 0.250 e. The Morgan fingerprint density at radius 2 is 0.812 bits per heavy atom. The number of aliphatic hydroxyl groups is 2. The van der Waals surface area contributed by atoms with E-state index in [2.05, 4.69) is 61.7 Å². The molecule has 8 aromatic rings. The molecule has 0 spiro atoms. The summed E-state index contributed by atoms with van der Waals surface area (Å²) < 4.78 is 0. The van der Waals surface area contributed by atoms with Gasteiger partial charge in [0.2, 0.25) is 11.8 Å². The van der Waals surface area contributed by atoms with Crippen molar-refractivity contribution in [1.82, 2.24) is 0 Å². The van der Waals surface area contributed by atoms with E-state index >= 15 is 0 Å². The Labute approximate surface area is 276 Å². The smallest absolute Gasteiger partial charge is 0.250 e. The van der Waals surface area contributed by atoms with Gasteiger partial charge in [-0.2, -0.15) is 0 Å². The van der Waals surface area contributed by atoms with Gasteiger partial charge in [0.05, 0.1) is 36.7 Å². The van der Waals surface area contributed by atoms with Crippen LogP contribution in [0.15, 0.2) is 135 Å². The number of hydrogen-bond donors (Lipinski definition) is 2. The Morgan fingerprint density at radius 3 is 1.17 bits per heavy atom. The highest BCUT2D eigenvalue weighted by Gasteiger charge is 2.29. The normalized spacial score (nSPS) is 13.1. The van der Waals surface area contributed by atoms with Gasteiger partial charge in [0.1, 0.15) is 0 Å². The second-order valence-corrected chi connectivity index (χ2v) is 12.3. The Morgan fingerprint density at radius 1 is 0.500 bits per heavy atom. The van der Waals surface area contributed by atoms with Crippen molar-refractivity contribution in [1.29, 1.82) is 0 Å². The molecule has 2 atom stereocenters. The van der Waals surface area contributed by atoms with Crippen LogP contribution in [0.1, 0.15) is 0 Å². The average molecular weight is 629 g/mol. The van der Waals surface area contributed by atoms with Crippen molar-refractivity contribution < 1.29 is 19.8 Å². The number of benzene rings is 8. The molecule has 0 fully saturated rings. The third-order valence-corrected chi connectivity index (χ3v) is 9.66. The van der Waals surface area contributed by atoms with Crippen LogP contribution < -0.4 is 9.80 Å². The molecular formula is C42H32N2O4. The first kappa shape index (κ1) is 29.6. The SMILES string of the molecule is C=CC(=O)N(CC(O)C(O)CN(C(=O)C=C)c1ccc2ccc3cccc4ccc1c2c34)c1ccc2ccc3cccc4ccc1c2c34. The number of rotatable bonds is 9. The number of carbonyl (C=O) groups is 2. The minimum absolute atomic E-state index is 0.218. The van der Waals surface area contributed by atoms with E-state index in [9.17, 15) is 19.8 Å². The predicted molar refractivity (Wildman–Crippen MR) is 197 cm³/mol. The summed E-state index contributed by atoms with van der Waals surface area (Å²) in [7, 11) is 0. The quantitative estimate of drug-likeness (QED) is 0.126. The van der Waals surface area contributed by atoms with Crippen molar-refractivity contribution in [3.05, 3.63) is 135 Å². The number of hydrogen-bond acceptors (Lipinski definition) is 4. The molecule has 0 bridgehead atoms. The molecule has 0 radical (unpaired) electrons. The lowest BCUT2D eigenvalue weighted by Crippen LogP contribution is -2.47. The fourth-order valence-electron chi connectivity index (χ4n) is 7.36. The predicted octanol–water partition coefficient (Wildman–Crippen LogP) is 7.94. The summed E-state index contributed by atoms with van der Waals surface area (Å²) in [6, 6.07) is 36.3. The van der Waals surface area contributed by atoms with Crippen molar-refractivity contribution in [2.45, 2.75) is 12.2 Å². The van der Waals surface area contributed by atoms with Gasteiger partial charge in [0.25, 0.3) is 0 Å². The van der Waals surface area contributed by atoms with E-state index in [0.717, 1.165) is 64.6 Å². The van der Waals surface area contributed by atoms with Gasteiger partial charge in [0.15, 0.2) is 0 Å². The summed E-state index contributed by atoms with van der Waals surface area (Å²) in [5.41, 5.74) is 1.20. The fourth-order valence-corrected chi connectivity index (χ4v) is 7.36. The van der Waals surface area contributed by atoms with E-state index in [1.165, 1.54) is 22.0 Å². The number of aliphatic hydroxyl groups excluding tert-OH is 2. The van der Waals surface area contributed by atoms with E-state index in [1.54, 1.807) is 0 Å². The van der Waals surface area contributed by atoms with Gasteiger partial charge in [-0.05, 0) is 78.1 Å². The van der Waals surface area contributed by atoms with E-state index in [-0.39, 0.29) is 13.1 Å². The standard InChI is InChI=1S/C42H32N2O4/c1-3-37(47)43(33-21-17-29-13-11-25-7-5-9-27-15-19-31(33)41(29)39(25)27)23-35(45)36(46)24-44(38(48)4-2)34-22-18-30-14-12-26-8-6-10-28-16-20-32(34)42(30)40(26)28/h3-22,35-36,45-46H,1-2,23-24H2. The molecule has 2 unspecified atom stereocenters. The van der Waals surface area contributed by atoms with E-state index in [4.69, 9.17) is 0 Å². The number of nitrogens with zero attached hydrogens (tertiary/aromatic N) is 2. The number of carbonyl (C=O) groups excluding carboxylic acids is 2. The maximum absolute atomic E-state index is 13.4. The molecule has 2 N–H and O–H groups in total. The topological polar surface area (TPSA) is 81.1 Å². The first-order valence-corrected chi connectivity index (χ1v) is 15.9. The van der Waals surface area contributed by atoms with E-state index < -0.39 is 24.0 Å². The van der Waals surface area contributed by atoms with Gasteiger partial charge in [-0.1, -0.05) is 110 Å². The van der Waals surface area contributed by atoms with Gasteiger partial charge in [-0.3, -0.25) is 9.59 Å². The lowest BCUT2D eigenvalue weighted by Gasteiger charge is -2.31. The largest absolute Gasteiger partial charge is 0.388 e. The number of anilines is 2. The lowest BCUT2D eigenvalue weighted by molar-refractivity contribution is -0.116. The third-order valence-electron chi connectivity index (χ3n) is 9.66. The summed E-state index contributed by atoms with van der Waals surface area (Å²) in [6.45, 7) is 6.98. The second-order valence-electron chi connectivity index (χ2n) is 12.3. The second kappa shape index (κ2) is 11.5. The summed E-state index contributed by atoms with van der Waals surface area (Å²) in [6.07, 6.45) is -0.384. The van der Waals surface area contributed by atoms with E-state index in [0.29, 0.717) is 11.4 Å². The zero-order valence-electron chi connectivity index (χ0n) is 26.1. The lowest BCUT2D eigenvalue weighted by atomic mass is 9.93. The van der Waals surface area contributed by atoms with Crippen molar-refractivity contribution in [3.63, 3.8) is 0 Å². The number of amides is 2. The molecule has 6 nitrogen and oxygen atoms in total. The van der Waals surface area contributed by atoms with Crippen molar-refractivity contribution >= 4 is 87.8 Å². The van der Waals surface area contributed by atoms with Gasteiger partial charge < -0.3 is 20.0 Å². The third kappa shape index (κ3) is 4.57. The summed E-state index contributed by atoms with van der Waals surface area (Å²) in [4.78, 5) is 29.7. The minimum Gasteiger partial charge on any atom is -0.388 e. The zero-order valence-corrected chi connectivity index (χ0v) is 26.1. The van der Waals surface area contributed by atoms with Crippen LogP contribution in [0.4, 0.5) is 11.4 Å². The van der Waals surface area contributed by atoms with Crippen molar-refractivity contribution in [2.75, 3.05) is 22.9 Å². The Balaban J connectivity index is 1.16. The van der Waals surface area contributed by atoms with Crippen molar-refractivity contribution in [2.24, 2.45) is 0 Å². The van der Waals surface area contributed by atoms with Crippen LogP contribution in [0.3, 0.4) is 0 Å². The molecule has 0 heterocycles. The average Bonchev–Trinajstić information content (AvgIpc) is 3.13. The highest BCUT2D eigenvalue weighted by molar-refractivity contribution is 6.27. The molecule has 8 aromatic carbocycles. The van der Waals surface area contributed by atoms with Crippen molar-refractivity contribution in [3.8, 4) is 0 Å². The maximum atomic E-state index is 13.4. The zero-order chi connectivity index (χ0) is 33.1. The monoisotopic (exact) mass is 628 g/mol. The van der Waals surface area contributed by atoms with Gasteiger partial charge in [-0.15, -0.1) is 0 Å². The first-order valence-electron chi connectivity index (χ1n) is 15.9. The summed E-state index contributed by atoms with van der Waals surface area (Å²) in [5, 5.41) is 35.4. The molecule has 0 saturated heterocycles. The summed E-state index contributed by atoms with van der Waals surface area (Å²) in [5.74, 6) is -0.829. The van der Waals surface area contributed by atoms with Crippen LogP contribution >= 0.6 is 0 Å². The van der Waals surface area contributed by atoms with Gasteiger partial charge in [-0.25, -0.2) is 0 Å². The highest BCUT2D eigenvalue weighted by Crippen LogP contribution is 2.41. The van der Waals surface area contributed by atoms with Gasteiger partial charge >= 0.3 is 0 Å². The molecule has 234 valence electrons. The van der Waals surface area contributed by atoms with Crippen LogP contribution in [-0.2, 0) is 9.59 Å². The Bertz CT molecular complexity index is 2340. The molecule has 0 aromatic heterocycles. The molecule has 48 heavy (non-hydrogen) atoms. The van der Waals surface area contributed by atoms with Crippen LogP contribution in [0.25, 0.3) is 64.6 Å². The van der Waals surface area contributed by atoms with Crippen LogP contribution in [-0.4, -0.2) is 47.3 Å².